The summed E-state index contributed by atoms with van der Waals surface area (Å²) in [5.41, 5.74) is 1.40. The number of benzene rings is 1. The summed E-state index contributed by atoms with van der Waals surface area (Å²) in [7, 11) is -3.57. The fourth-order valence-electron chi connectivity index (χ4n) is 2.83. The van der Waals surface area contributed by atoms with Crippen molar-refractivity contribution in [1.29, 1.82) is 0 Å². The molecule has 1 amide bonds. The molecule has 1 saturated heterocycles. The third kappa shape index (κ3) is 2.56. The Morgan fingerprint density at radius 1 is 1.38 bits per heavy atom. The first-order valence-corrected chi connectivity index (χ1v) is 8.43. The van der Waals surface area contributed by atoms with E-state index in [0.29, 0.717) is 30.8 Å². The quantitative estimate of drug-likeness (QED) is 0.836. The van der Waals surface area contributed by atoms with Gasteiger partial charge in [-0.3, -0.25) is 4.79 Å². The molecule has 1 aromatic carbocycles. The summed E-state index contributed by atoms with van der Waals surface area (Å²) in [4.78, 5) is 11.6. The largest absolute Gasteiger partial charge is 0.393 e. The molecule has 3 rings (SSSR count). The van der Waals surface area contributed by atoms with Crippen molar-refractivity contribution in [1.82, 2.24) is 4.31 Å². The maximum atomic E-state index is 12.7. The number of amides is 1. The van der Waals surface area contributed by atoms with Crippen LogP contribution in [0.25, 0.3) is 0 Å². The number of rotatable bonds is 2. The van der Waals surface area contributed by atoms with Crippen LogP contribution in [0.4, 0.5) is 5.69 Å². The molecule has 0 aliphatic carbocycles. The first-order valence-electron chi connectivity index (χ1n) is 6.99. The van der Waals surface area contributed by atoms with Gasteiger partial charge in [0, 0.05) is 18.8 Å². The van der Waals surface area contributed by atoms with Gasteiger partial charge in [-0.2, -0.15) is 4.31 Å². The molecule has 2 atom stereocenters. The van der Waals surface area contributed by atoms with Crippen molar-refractivity contribution in [3.8, 4) is 0 Å². The topological polar surface area (TPSA) is 86.7 Å². The van der Waals surface area contributed by atoms with Crippen molar-refractivity contribution in [3.63, 3.8) is 0 Å². The minimum absolute atomic E-state index is 0.0776. The Morgan fingerprint density at radius 2 is 2.14 bits per heavy atom. The molecule has 21 heavy (non-hydrogen) atoms. The maximum Gasteiger partial charge on any atom is 0.243 e. The van der Waals surface area contributed by atoms with E-state index in [1.165, 1.54) is 10.4 Å². The summed E-state index contributed by atoms with van der Waals surface area (Å²) in [6, 6.07) is 4.73. The third-order valence-electron chi connectivity index (χ3n) is 4.16. The van der Waals surface area contributed by atoms with E-state index in [1.54, 1.807) is 12.1 Å². The van der Waals surface area contributed by atoms with Crippen LogP contribution in [0, 0.1) is 5.92 Å². The van der Waals surface area contributed by atoms with Crippen LogP contribution in [0.2, 0.25) is 0 Å². The number of hydrogen-bond acceptors (Lipinski definition) is 4. The predicted octanol–water partition coefficient (Wildman–Crippen LogP) is 0.573. The van der Waals surface area contributed by atoms with Crippen molar-refractivity contribution in [3.05, 3.63) is 23.8 Å². The summed E-state index contributed by atoms with van der Waals surface area (Å²) < 4.78 is 26.7. The van der Waals surface area contributed by atoms with E-state index in [2.05, 4.69) is 5.32 Å². The van der Waals surface area contributed by atoms with E-state index in [-0.39, 0.29) is 23.1 Å². The lowest BCUT2D eigenvalue weighted by atomic mass is 9.99. The molecular weight excluding hydrogens is 292 g/mol. The number of piperidine rings is 1. The first-order chi connectivity index (χ1) is 9.88. The molecule has 0 bridgehead atoms. The Labute approximate surface area is 123 Å². The van der Waals surface area contributed by atoms with Gasteiger partial charge < -0.3 is 10.4 Å². The van der Waals surface area contributed by atoms with Gasteiger partial charge in [-0.05, 0) is 36.1 Å². The lowest BCUT2D eigenvalue weighted by Gasteiger charge is -2.33. The highest BCUT2D eigenvalue weighted by Crippen LogP contribution is 2.29. The molecule has 2 aliphatic rings. The number of nitrogens with one attached hydrogen (secondary N) is 1. The van der Waals surface area contributed by atoms with Crippen molar-refractivity contribution in [2.24, 2.45) is 5.92 Å². The van der Waals surface area contributed by atoms with Gasteiger partial charge in [-0.25, -0.2) is 8.42 Å². The second kappa shape index (κ2) is 5.08. The van der Waals surface area contributed by atoms with Gasteiger partial charge in [0.15, 0.2) is 0 Å². The molecule has 0 saturated carbocycles. The number of carbonyl (C=O) groups excluding carboxylic acids is 1. The molecule has 7 heteroatoms. The van der Waals surface area contributed by atoms with Gasteiger partial charge in [-0.1, -0.05) is 6.92 Å². The van der Waals surface area contributed by atoms with Crippen LogP contribution >= 0.6 is 0 Å². The van der Waals surface area contributed by atoms with E-state index in [0.717, 1.165) is 0 Å². The maximum absolute atomic E-state index is 12.7. The van der Waals surface area contributed by atoms with Crippen LogP contribution in [0.5, 0.6) is 0 Å². The Morgan fingerprint density at radius 3 is 2.86 bits per heavy atom. The SMILES string of the molecule is CC1CN(S(=O)(=O)c2ccc3c(c2)CC(=O)N3)CCC1O. The second-order valence-corrected chi connectivity index (χ2v) is 7.68. The number of anilines is 1. The van der Waals surface area contributed by atoms with Crippen molar-refractivity contribution in [2.45, 2.75) is 30.8 Å². The van der Waals surface area contributed by atoms with Crippen molar-refractivity contribution in [2.75, 3.05) is 18.4 Å². The van der Waals surface area contributed by atoms with Crippen LogP contribution < -0.4 is 5.32 Å². The molecular formula is C14H18N2O4S. The Kier molecular flexibility index (Phi) is 3.51. The lowest BCUT2D eigenvalue weighted by Crippen LogP contribution is -2.44. The number of fused-ring (bicyclic) bond motifs is 1. The van der Waals surface area contributed by atoms with E-state index < -0.39 is 16.1 Å². The smallest absolute Gasteiger partial charge is 0.243 e. The van der Waals surface area contributed by atoms with Crippen molar-refractivity contribution < 1.29 is 18.3 Å². The van der Waals surface area contributed by atoms with Gasteiger partial charge in [0.25, 0.3) is 0 Å². The average Bonchev–Trinajstić information content (AvgIpc) is 2.80. The summed E-state index contributed by atoms with van der Waals surface area (Å²) in [5, 5.41) is 12.4. The van der Waals surface area contributed by atoms with Crippen LogP contribution in [0.3, 0.4) is 0 Å². The van der Waals surface area contributed by atoms with Crippen LogP contribution in [-0.4, -0.2) is 42.9 Å². The van der Waals surface area contributed by atoms with Gasteiger partial charge in [0.1, 0.15) is 0 Å². The summed E-state index contributed by atoms with van der Waals surface area (Å²) in [5.74, 6) is -0.194. The van der Waals surface area contributed by atoms with Crippen LogP contribution in [0.1, 0.15) is 18.9 Å². The van der Waals surface area contributed by atoms with Gasteiger partial charge in [-0.15, -0.1) is 0 Å². The third-order valence-corrected chi connectivity index (χ3v) is 6.02. The van der Waals surface area contributed by atoms with Gasteiger partial charge >= 0.3 is 0 Å². The minimum atomic E-state index is -3.57. The molecule has 1 fully saturated rings. The highest BCUT2D eigenvalue weighted by atomic mass is 32.2. The number of hydrogen-bond donors (Lipinski definition) is 2. The molecule has 2 heterocycles. The Bertz CT molecular complexity index is 686. The first kappa shape index (κ1) is 14.5. The van der Waals surface area contributed by atoms with Gasteiger partial charge in [0.05, 0.1) is 17.4 Å². The van der Waals surface area contributed by atoms with Gasteiger partial charge in [0.2, 0.25) is 15.9 Å². The fraction of sp³-hybridized carbons (Fsp3) is 0.500. The second-order valence-electron chi connectivity index (χ2n) is 5.74. The molecule has 114 valence electrons. The normalized spacial score (nSPS) is 26.5. The number of nitrogens with zero attached hydrogens (tertiary/aromatic N) is 1. The molecule has 0 aromatic heterocycles. The van der Waals surface area contributed by atoms with E-state index in [9.17, 15) is 18.3 Å². The molecule has 2 unspecified atom stereocenters. The Hall–Kier alpha value is -1.44. The predicted molar refractivity (Wildman–Crippen MR) is 77.3 cm³/mol. The lowest BCUT2D eigenvalue weighted by molar-refractivity contribution is -0.115. The van der Waals surface area contributed by atoms with E-state index in [1.807, 2.05) is 6.92 Å². The zero-order valence-electron chi connectivity index (χ0n) is 11.7. The van der Waals surface area contributed by atoms with Crippen LogP contribution in [0.15, 0.2) is 23.1 Å². The average molecular weight is 310 g/mol. The number of sulfonamides is 1. The molecule has 2 N–H and O–H groups in total. The Balaban J connectivity index is 1.89. The fourth-order valence-corrected chi connectivity index (χ4v) is 4.43. The summed E-state index contributed by atoms with van der Waals surface area (Å²) >= 11 is 0. The summed E-state index contributed by atoms with van der Waals surface area (Å²) in [6.07, 6.45) is 0.220. The standard InChI is InChI=1S/C14H18N2O4S/c1-9-8-16(5-4-13(9)17)21(19,20)11-2-3-12-10(6-11)7-14(18)15-12/h2-3,6,9,13,17H,4-5,7-8H2,1H3,(H,15,18). The highest BCUT2D eigenvalue weighted by molar-refractivity contribution is 7.89. The number of carbonyl (C=O) groups is 1. The minimum Gasteiger partial charge on any atom is -0.393 e. The van der Waals surface area contributed by atoms with Crippen molar-refractivity contribution >= 4 is 21.6 Å². The van der Waals surface area contributed by atoms with E-state index in [4.69, 9.17) is 0 Å². The van der Waals surface area contributed by atoms with Crippen LogP contribution in [-0.2, 0) is 21.2 Å². The molecule has 0 spiro atoms. The number of aliphatic hydroxyl groups is 1. The zero-order chi connectivity index (χ0) is 15.2. The van der Waals surface area contributed by atoms with E-state index >= 15 is 0 Å². The zero-order valence-corrected chi connectivity index (χ0v) is 12.6. The molecule has 6 nitrogen and oxygen atoms in total. The number of aliphatic hydroxyl groups excluding tert-OH is 1. The molecule has 2 aliphatic heterocycles. The highest BCUT2D eigenvalue weighted by Gasteiger charge is 2.33. The molecule has 1 aromatic rings. The summed E-state index contributed by atoms with van der Waals surface area (Å²) in [6.45, 7) is 2.48. The molecule has 0 radical (unpaired) electrons. The monoisotopic (exact) mass is 310 g/mol.